The number of hydrogen-bond acceptors (Lipinski definition) is 2. The van der Waals surface area contributed by atoms with Crippen molar-refractivity contribution in [3.05, 3.63) is 71.8 Å². The molecule has 2 aromatic carbocycles. The minimum atomic E-state index is -0.933. The third kappa shape index (κ3) is 2.40. The average Bonchev–Trinajstić information content (AvgIpc) is 3.25. The first-order chi connectivity index (χ1) is 11.7. The Morgan fingerprint density at radius 2 is 1.54 bits per heavy atom. The van der Waals surface area contributed by atoms with Gasteiger partial charge in [0.15, 0.2) is 0 Å². The number of nitrogens with zero attached hydrogens (tertiary/aromatic N) is 1. The van der Waals surface area contributed by atoms with Gasteiger partial charge in [0.05, 0.1) is 6.04 Å². The van der Waals surface area contributed by atoms with Crippen LogP contribution in [0.5, 0.6) is 0 Å². The Bertz CT molecular complexity index is 629. The van der Waals surface area contributed by atoms with Crippen molar-refractivity contribution in [2.45, 2.75) is 50.3 Å². The molecule has 2 aliphatic rings. The topological polar surface area (TPSA) is 23.5 Å². The van der Waals surface area contributed by atoms with E-state index in [2.05, 4.69) is 36.1 Å². The molecule has 1 aliphatic heterocycles. The van der Waals surface area contributed by atoms with Crippen molar-refractivity contribution in [3.63, 3.8) is 0 Å². The van der Waals surface area contributed by atoms with Gasteiger partial charge in [-0.15, -0.1) is 0 Å². The smallest absolute Gasteiger partial charge is 0.130 e. The molecule has 3 atom stereocenters. The second kappa shape index (κ2) is 6.34. The molecular formula is C22H27NO. The van der Waals surface area contributed by atoms with Crippen LogP contribution >= 0.6 is 0 Å². The molecule has 1 N–H and O–H groups in total. The SMILES string of the molecule is CCCN1[C@H]2CC[C@H](C2)[C@H]1C(O)(c1ccccc1)c1ccccc1. The minimum absolute atomic E-state index is 0.181. The summed E-state index contributed by atoms with van der Waals surface area (Å²) in [6.07, 6.45) is 4.92. The average molecular weight is 321 g/mol. The summed E-state index contributed by atoms with van der Waals surface area (Å²) in [6.45, 7) is 3.32. The number of fused-ring (bicyclic) bond motifs is 2. The van der Waals surface area contributed by atoms with Gasteiger partial charge in [0, 0.05) is 6.04 Å². The monoisotopic (exact) mass is 321 g/mol. The number of rotatable bonds is 5. The first-order valence-electron chi connectivity index (χ1n) is 9.34. The molecule has 0 aromatic heterocycles. The fraction of sp³-hybridized carbons (Fsp3) is 0.455. The van der Waals surface area contributed by atoms with Gasteiger partial charge in [-0.2, -0.15) is 0 Å². The van der Waals surface area contributed by atoms with Gasteiger partial charge in [0.1, 0.15) is 5.60 Å². The van der Waals surface area contributed by atoms with Crippen molar-refractivity contribution in [1.29, 1.82) is 0 Å². The molecule has 2 nitrogen and oxygen atoms in total. The molecule has 2 heteroatoms. The number of benzene rings is 2. The molecule has 1 heterocycles. The largest absolute Gasteiger partial charge is 0.379 e. The van der Waals surface area contributed by atoms with Crippen LogP contribution in [0.15, 0.2) is 60.7 Å². The molecule has 1 saturated carbocycles. The maximum absolute atomic E-state index is 12.1. The number of piperidine rings is 1. The molecule has 1 saturated heterocycles. The van der Waals surface area contributed by atoms with Crippen molar-refractivity contribution in [1.82, 2.24) is 4.90 Å². The zero-order valence-electron chi connectivity index (χ0n) is 14.4. The van der Waals surface area contributed by atoms with E-state index >= 15 is 0 Å². The lowest BCUT2D eigenvalue weighted by Gasteiger charge is -2.46. The summed E-state index contributed by atoms with van der Waals surface area (Å²) in [5.74, 6) is 0.590. The Morgan fingerprint density at radius 1 is 0.958 bits per heavy atom. The molecule has 126 valence electrons. The summed E-state index contributed by atoms with van der Waals surface area (Å²) < 4.78 is 0. The summed E-state index contributed by atoms with van der Waals surface area (Å²) >= 11 is 0. The Labute approximate surface area is 145 Å². The summed E-state index contributed by atoms with van der Waals surface area (Å²) in [5, 5.41) is 12.1. The predicted molar refractivity (Wildman–Crippen MR) is 97.8 cm³/mol. The van der Waals surface area contributed by atoms with Crippen LogP contribution in [-0.2, 0) is 5.60 Å². The van der Waals surface area contributed by atoms with Crippen molar-refractivity contribution >= 4 is 0 Å². The highest BCUT2D eigenvalue weighted by molar-refractivity contribution is 5.39. The Kier molecular flexibility index (Phi) is 4.19. The molecule has 24 heavy (non-hydrogen) atoms. The third-order valence-corrected chi connectivity index (χ3v) is 6.06. The van der Waals surface area contributed by atoms with Crippen LogP contribution in [0.4, 0.5) is 0 Å². The lowest BCUT2D eigenvalue weighted by molar-refractivity contribution is -0.0419. The molecular weight excluding hydrogens is 294 g/mol. The molecule has 4 rings (SSSR count). The van der Waals surface area contributed by atoms with Gasteiger partial charge in [-0.1, -0.05) is 67.6 Å². The van der Waals surface area contributed by atoms with E-state index in [1.54, 1.807) is 0 Å². The molecule has 0 spiro atoms. The normalized spacial score (nSPS) is 26.8. The second-order valence-corrected chi connectivity index (χ2v) is 7.41. The third-order valence-electron chi connectivity index (χ3n) is 6.06. The highest BCUT2D eigenvalue weighted by atomic mass is 16.3. The molecule has 2 fully saturated rings. The van der Waals surface area contributed by atoms with Crippen LogP contribution in [-0.4, -0.2) is 28.6 Å². The molecule has 2 aromatic rings. The van der Waals surface area contributed by atoms with E-state index in [1.807, 2.05) is 36.4 Å². The highest BCUT2D eigenvalue weighted by Crippen LogP contribution is 2.51. The number of hydrogen-bond donors (Lipinski definition) is 1. The number of likely N-dealkylation sites (tertiary alicyclic amines) is 1. The number of aliphatic hydroxyl groups is 1. The van der Waals surface area contributed by atoms with Crippen LogP contribution in [0.25, 0.3) is 0 Å². The van der Waals surface area contributed by atoms with Gasteiger partial charge in [0.25, 0.3) is 0 Å². The standard InChI is InChI=1S/C22H27NO/c1-2-15-23-20-14-13-17(16-20)21(23)22(24,18-9-5-3-6-10-18)19-11-7-4-8-12-19/h3-12,17,20-21,24H,2,13-16H2,1H3/t17-,20+,21+/m1/s1. The molecule has 0 unspecified atom stereocenters. The maximum atomic E-state index is 12.1. The predicted octanol–water partition coefficient (Wildman–Crippen LogP) is 4.19. The van der Waals surface area contributed by atoms with Crippen LogP contribution in [0.1, 0.15) is 43.7 Å². The van der Waals surface area contributed by atoms with E-state index < -0.39 is 5.60 Å². The van der Waals surface area contributed by atoms with Crippen molar-refractivity contribution in [3.8, 4) is 0 Å². The maximum Gasteiger partial charge on any atom is 0.130 e. The van der Waals surface area contributed by atoms with Gasteiger partial charge in [0.2, 0.25) is 0 Å². The van der Waals surface area contributed by atoms with Gasteiger partial charge < -0.3 is 5.11 Å². The summed E-state index contributed by atoms with van der Waals surface area (Å²) in [5.41, 5.74) is 1.11. The zero-order chi connectivity index (χ0) is 16.6. The quantitative estimate of drug-likeness (QED) is 0.893. The lowest BCUT2D eigenvalue weighted by atomic mass is 9.74. The summed E-state index contributed by atoms with van der Waals surface area (Å²) in [7, 11) is 0. The van der Waals surface area contributed by atoms with Crippen molar-refractivity contribution < 1.29 is 5.11 Å². The summed E-state index contributed by atoms with van der Waals surface area (Å²) in [4.78, 5) is 2.61. The van der Waals surface area contributed by atoms with Gasteiger partial charge in [-0.3, -0.25) is 4.90 Å². The minimum Gasteiger partial charge on any atom is -0.379 e. The highest BCUT2D eigenvalue weighted by Gasteiger charge is 2.55. The van der Waals surface area contributed by atoms with Crippen LogP contribution < -0.4 is 0 Å². The van der Waals surface area contributed by atoms with E-state index in [1.165, 1.54) is 19.3 Å². The molecule has 1 aliphatic carbocycles. The van der Waals surface area contributed by atoms with E-state index in [-0.39, 0.29) is 6.04 Å². The molecule has 0 radical (unpaired) electrons. The van der Waals surface area contributed by atoms with Gasteiger partial charge >= 0.3 is 0 Å². The van der Waals surface area contributed by atoms with Crippen molar-refractivity contribution in [2.24, 2.45) is 5.92 Å². The van der Waals surface area contributed by atoms with Crippen LogP contribution in [0, 0.1) is 5.92 Å². The van der Waals surface area contributed by atoms with Gasteiger partial charge in [-0.25, -0.2) is 0 Å². The van der Waals surface area contributed by atoms with E-state index in [4.69, 9.17) is 0 Å². The Hall–Kier alpha value is -1.64. The summed E-state index contributed by atoms with van der Waals surface area (Å²) in [6, 6.07) is 21.4. The van der Waals surface area contributed by atoms with E-state index in [0.717, 1.165) is 24.1 Å². The lowest BCUT2D eigenvalue weighted by Crippen LogP contribution is -2.54. The van der Waals surface area contributed by atoms with Crippen LogP contribution in [0.3, 0.4) is 0 Å². The Morgan fingerprint density at radius 3 is 2.08 bits per heavy atom. The molecule has 0 amide bonds. The van der Waals surface area contributed by atoms with E-state index in [9.17, 15) is 5.11 Å². The fourth-order valence-corrected chi connectivity index (χ4v) is 5.13. The zero-order valence-corrected chi connectivity index (χ0v) is 14.4. The second-order valence-electron chi connectivity index (χ2n) is 7.41. The molecule has 2 bridgehead atoms. The first-order valence-corrected chi connectivity index (χ1v) is 9.34. The Balaban J connectivity index is 1.84. The van der Waals surface area contributed by atoms with E-state index in [0.29, 0.717) is 12.0 Å². The fourth-order valence-electron chi connectivity index (χ4n) is 5.13. The van der Waals surface area contributed by atoms with Gasteiger partial charge in [-0.05, 0) is 49.3 Å². The first kappa shape index (κ1) is 15.9. The van der Waals surface area contributed by atoms with Crippen LogP contribution in [0.2, 0.25) is 0 Å². The van der Waals surface area contributed by atoms with Crippen molar-refractivity contribution in [2.75, 3.05) is 6.54 Å².